The lowest BCUT2D eigenvalue weighted by Gasteiger charge is -2.12. The summed E-state index contributed by atoms with van der Waals surface area (Å²) in [7, 11) is 4.02. The maximum atomic E-state index is 13.2. The number of hydrogen-bond donors (Lipinski definition) is 1. The highest BCUT2D eigenvalue weighted by Gasteiger charge is 2.34. The lowest BCUT2D eigenvalue weighted by Crippen LogP contribution is -2.15. The normalized spacial score (nSPS) is 14.8. The van der Waals surface area contributed by atoms with E-state index >= 15 is 0 Å². The number of ether oxygens (including phenoxy) is 1. The largest absolute Gasteiger partial charge is 0.493 e. The quantitative estimate of drug-likeness (QED) is 0.370. The number of fused-ring (bicyclic) bond motifs is 2. The van der Waals surface area contributed by atoms with Crippen LogP contribution in [0, 0.1) is 6.92 Å². The molecule has 0 bridgehead atoms. The average Bonchev–Trinajstić information content (AvgIpc) is 3.11. The van der Waals surface area contributed by atoms with Gasteiger partial charge in [0.1, 0.15) is 5.75 Å². The Balaban J connectivity index is 1.71. The fourth-order valence-corrected chi connectivity index (χ4v) is 4.09. The second-order valence-corrected chi connectivity index (χ2v) is 8.43. The highest BCUT2D eigenvalue weighted by Crippen LogP contribution is 2.42. The van der Waals surface area contributed by atoms with Gasteiger partial charge in [-0.25, -0.2) is 0 Å². The van der Waals surface area contributed by atoms with Gasteiger partial charge < -0.3 is 15.0 Å². The van der Waals surface area contributed by atoms with Crippen molar-refractivity contribution in [1.82, 2.24) is 4.90 Å². The van der Waals surface area contributed by atoms with Crippen LogP contribution < -0.4 is 10.1 Å². The molecule has 0 saturated carbocycles. The third kappa shape index (κ3) is 4.73. The molecule has 1 amide bonds. The molecule has 2 aliphatic carbocycles. The van der Waals surface area contributed by atoms with Crippen molar-refractivity contribution in [3.8, 4) is 16.9 Å². The molecule has 7 heteroatoms. The Morgan fingerprint density at radius 1 is 1.06 bits per heavy atom. The third-order valence-corrected chi connectivity index (χ3v) is 5.65. The van der Waals surface area contributed by atoms with Crippen LogP contribution in [0.2, 0.25) is 0 Å². The molecule has 1 heterocycles. The molecule has 1 N–H and O–H groups in total. The summed E-state index contributed by atoms with van der Waals surface area (Å²) in [6, 6.07) is 12.9. The van der Waals surface area contributed by atoms with Crippen LogP contribution in [0.15, 0.2) is 48.5 Å². The van der Waals surface area contributed by atoms with Gasteiger partial charge >= 0.3 is 6.18 Å². The van der Waals surface area contributed by atoms with Crippen LogP contribution in [-0.4, -0.2) is 38.1 Å². The first-order valence-electron chi connectivity index (χ1n) is 10.7. The summed E-state index contributed by atoms with van der Waals surface area (Å²) >= 11 is 0. The Labute approximate surface area is 191 Å². The average molecular weight is 454 g/mol. The third-order valence-electron chi connectivity index (χ3n) is 5.65. The number of anilines is 1. The number of carbonyl (C=O) groups excluding carboxylic acids is 1. The molecule has 0 spiro atoms. The minimum atomic E-state index is -4.48. The predicted octanol–water partition coefficient (Wildman–Crippen LogP) is 5.94. The van der Waals surface area contributed by atoms with Gasteiger partial charge in [0.2, 0.25) is 0 Å². The molecule has 0 saturated heterocycles. The first kappa shape index (κ1) is 22.9. The van der Waals surface area contributed by atoms with Crippen LogP contribution in [0.4, 0.5) is 18.9 Å². The Morgan fingerprint density at radius 2 is 1.82 bits per heavy atom. The van der Waals surface area contributed by atoms with Crippen LogP contribution in [-0.2, 0) is 11.0 Å². The van der Waals surface area contributed by atoms with Crippen molar-refractivity contribution in [2.75, 3.05) is 32.6 Å². The zero-order valence-corrected chi connectivity index (χ0v) is 18.7. The van der Waals surface area contributed by atoms with E-state index in [1.54, 1.807) is 6.08 Å². The SMILES string of the molecule is Cc1cc(/C=C2\C(=O)Nc3ccc(C(F)(F)F)cc32)c2ccccc(OCCCN(C)C)c1-2. The molecular formula is C26H25F3N2O2. The summed E-state index contributed by atoms with van der Waals surface area (Å²) in [5, 5.41) is 2.66. The zero-order chi connectivity index (χ0) is 23.8. The maximum absolute atomic E-state index is 13.2. The van der Waals surface area contributed by atoms with Gasteiger partial charge in [0.25, 0.3) is 5.91 Å². The second kappa shape index (κ2) is 8.90. The molecule has 0 radical (unpaired) electrons. The molecule has 4 nitrogen and oxygen atoms in total. The van der Waals surface area contributed by atoms with E-state index in [0.717, 1.165) is 53.1 Å². The van der Waals surface area contributed by atoms with Crippen LogP contribution >= 0.6 is 0 Å². The van der Waals surface area contributed by atoms with Crippen molar-refractivity contribution in [1.29, 1.82) is 0 Å². The first-order chi connectivity index (χ1) is 15.6. The van der Waals surface area contributed by atoms with Crippen LogP contribution in [0.25, 0.3) is 22.8 Å². The number of rotatable bonds is 6. The number of alkyl halides is 3. The van der Waals surface area contributed by atoms with Crippen molar-refractivity contribution >= 4 is 23.2 Å². The summed E-state index contributed by atoms with van der Waals surface area (Å²) in [6.07, 6.45) is -1.95. The molecule has 4 rings (SSSR count). The zero-order valence-electron chi connectivity index (χ0n) is 18.7. The number of aryl methyl sites for hydroxylation is 1. The topological polar surface area (TPSA) is 41.6 Å². The summed E-state index contributed by atoms with van der Waals surface area (Å²) in [5.74, 6) is 0.323. The molecule has 0 fully saturated rings. The molecule has 1 aromatic carbocycles. The van der Waals surface area contributed by atoms with Gasteiger partial charge in [-0.3, -0.25) is 4.79 Å². The molecule has 1 aromatic rings. The summed E-state index contributed by atoms with van der Waals surface area (Å²) < 4.78 is 45.8. The van der Waals surface area contributed by atoms with Crippen LogP contribution in [0.1, 0.15) is 28.7 Å². The Hall–Kier alpha value is -3.32. The van der Waals surface area contributed by atoms with E-state index in [2.05, 4.69) is 10.2 Å². The number of amides is 1. The number of nitrogens with zero attached hydrogens (tertiary/aromatic N) is 1. The molecule has 0 aromatic heterocycles. The maximum Gasteiger partial charge on any atom is 0.416 e. The van der Waals surface area contributed by atoms with E-state index in [9.17, 15) is 18.0 Å². The molecule has 172 valence electrons. The number of hydrogen-bond acceptors (Lipinski definition) is 3. The first-order valence-corrected chi connectivity index (χ1v) is 10.7. The van der Waals surface area contributed by atoms with E-state index in [-0.39, 0.29) is 11.1 Å². The number of halogens is 3. The van der Waals surface area contributed by atoms with Crippen molar-refractivity contribution < 1.29 is 22.7 Å². The highest BCUT2D eigenvalue weighted by atomic mass is 19.4. The molecule has 3 aliphatic rings. The lowest BCUT2D eigenvalue weighted by molar-refractivity contribution is -0.137. The van der Waals surface area contributed by atoms with Gasteiger partial charge in [0.05, 0.1) is 12.2 Å². The van der Waals surface area contributed by atoms with Gasteiger partial charge in [-0.1, -0.05) is 24.3 Å². The lowest BCUT2D eigenvalue weighted by atomic mass is 10.0. The Kier molecular flexibility index (Phi) is 6.17. The predicted molar refractivity (Wildman–Crippen MR) is 124 cm³/mol. The van der Waals surface area contributed by atoms with Crippen LogP contribution in [0.3, 0.4) is 0 Å². The Morgan fingerprint density at radius 3 is 2.55 bits per heavy atom. The van der Waals surface area contributed by atoms with E-state index in [1.807, 2.05) is 51.4 Å². The van der Waals surface area contributed by atoms with Crippen molar-refractivity contribution in [3.05, 3.63) is 70.8 Å². The van der Waals surface area contributed by atoms with Crippen LogP contribution in [0.5, 0.6) is 5.75 Å². The second-order valence-electron chi connectivity index (χ2n) is 8.43. The standard InChI is InChI=1S/C26H25F3N2O2/c1-16-13-17(19-7-4-5-8-23(24(16)19)33-12-6-11-31(2)3)14-21-20-15-18(26(27,28)29)9-10-22(20)30-25(21)32/h4-5,7-10,13-15H,6,11-12H2,1-3H3,(H,30,32)/b21-14-. The van der Waals surface area contributed by atoms with E-state index < -0.39 is 17.6 Å². The summed E-state index contributed by atoms with van der Waals surface area (Å²) in [6.45, 7) is 3.43. The van der Waals surface area contributed by atoms with Gasteiger partial charge in [0.15, 0.2) is 0 Å². The molecule has 0 unspecified atom stereocenters. The van der Waals surface area contributed by atoms with E-state index in [0.29, 0.717) is 12.3 Å². The summed E-state index contributed by atoms with van der Waals surface area (Å²) in [5.41, 5.74) is 3.59. The fourth-order valence-electron chi connectivity index (χ4n) is 4.09. The minimum absolute atomic E-state index is 0.211. The minimum Gasteiger partial charge on any atom is -0.493 e. The van der Waals surface area contributed by atoms with Gasteiger partial charge in [-0.15, -0.1) is 0 Å². The monoisotopic (exact) mass is 454 g/mol. The smallest absolute Gasteiger partial charge is 0.416 e. The van der Waals surface area contributed by atoms with Crippen molar-refractivity contribution in [2.45, 2.75) is 19.5 Å². The molecule has 0 atom stereocenters. The van der Waals surface area contributed by atoms with E-state index in [4.69, 9.17) is 4.74 Å². The fraction of sp³-hybridized carbons (Fsp3) is 0.269. The summed E-state index contributed by atoms with van der Waals surface area (Å²) in [4.78, 5) is 14.7. The van der Waals surface area contributed by atoms with Gasteiger partial charge in [-0.05, 0) is 74.5 Å². The van der Waals surface area contributed by atoms with Gasteiger partial charge in [-0.2, -0.15) is 13.2 Å². The highest BCUT2D eigenvalue weighted by molar-refractivity contribution is 6.35. The molecular weight excluding hydrogens is 429 g/mol. The van der Waals surface area contributed by atoms with Crippen molar-refractivity contribution in [3.63, 3.8) is 0 Å². The van der Waals surface area contributed by atoms with E-state index in [1.165, 1.54) is 6.07 Å². The molecule has 1 aliphatic heterocycles. The van der Waals surface area contributed by atoms with Crippen molar-refractivity contribution in [2.24, 2.45) is 0 Å². The van der Waals surface area contributed by atoms with Gasteiger partial charge in [0, 0.05) is 28.9 Å². The number of nitrogens with one attached hydrogen (secondary N) is 1. The Bertz CT molecular complexity index is 1200. The number of carbonyl (C=O) groups is 1. The number of benzene rings is 1. The molecule has 33 heavy (non-hydrogen) atoms.